The van der Waals surface area contributed by atoms with Gasteiger partial charge in [-0.15, -0.1) is 0 Å². The second-order valence-corrected chi connectivity index (χ2v) is 4.92. The minimum atomic E-state index is -0.366. The van der Waals surface area contributed by atoms with Crippen LogP contribution in [0.1, 0.15) is 19.4 Å². The Morgan fingerprint density at radius 3 is 2.72 bits per heavy atom. The molecule has 0 bridgehead atoms. The Labute approximate surface area is 116 Å². The van der Waals surface area contributed by atoms with Gasteiger partial charge in [0.1, 0.15) is 0 Å². The van der Waals surface area contributed by atoms with Gasteiger partial charge in [0.25, 0.3) is 0 Å². The number of rotatable bonds is 7. The van der Waals surface area contributed by atoms with Crippen molar-refractivity contribution in [2.24, 2.45) is 0 Å². The maximum Gasteiger partial charge on any atom is 0.165 e. The van der Waals surface area contributed by atoms with E-state index in [1.54, 1.807) is 14.0 Å². The van der Waals surface area contributed by atoms with Crippen LogP contribution in [0.2, 0.25) is 0 Å². The fourth-order valence-corrected chi connectivity index (χ4v) is 2.11. The van der Waals surface area contributed by atoms with E-state index in [1.807, 2.05) is 19.1 Å². The lowest BCUT2D eigenvalue weighted by atomic mass is 10.2. The van der Waals surface area contributed by atoms with Gasteiger partial charge in [-0.2, -0.15) is 0 Å². The highest BCUT2D eigenvalue weighted by molar-refractivity contribution is 9.10. The Hall–Kier alpha value is -0.780. The Morgan fingerprint density at radius 2 is 2.17 bits per heavy atom. The summed E-state index contributed by atoms with van der Waals surface area (Å²) in [7, 11) is 1.62. The Morgan fingerprint density at radius 1 is 1.44 bits per heavy atom. The van der Waals surface area contributed by atoms with Gasteiger partial charge in [-0.3, -0.25) is 0 Å². The molecule has 5 heteroatoms. The van der Waals surface area contributed by atoms with Crippen molar-refractivity contribution in [2.45, 2.75) is 26.5 Å². The molecule has 4 nitrogen and oxygen atoms in total. The van der Waals surface area contributed by atoms with Crippen molar-refractivity contribution < 1.29 is 14.6 Å². The minimum Gasteiger partial charge on any atom is -0.493 e. The molecule has 0 aromatic heterocycles. The third-order valence-electron chi connectivity index (χ3n) is 2.36. The van der Waals surface area contributed by atoms with Crippen LogP contribution in [-0.2, 0) is 6.54 Å². The third-order valence-corrected chi connectivity index (χ3v) is 2.82. The first kappa shape index (κ1) is 15.3. The van der Waals surface area contributed by atoms with Gasteiger partial charge in [0.15, 0.2) is 11.5 Å². The van der Waals surface area contributed by atoms with E-state index in [4.69, 9.17) is 9.47 Å². The molecule has 0 saturated carbocycles. The van der Waals surface area contributed by atoms with Crippen LogP contribution in [0.25, 0.3) is 0 Å². The summed E-state index contributed by atoms with van der Waals surface area (Å²) >= 11 is 3.45. The fraction of sp³-hybridized carbons (Fsp3) is 0.538. The largest absolute Gasteiger partial charge is 0.493 e. The van der Waals surface area contributed by atoms with Gasteiger partial charge >= 0.3 is 0 Å². The molecule has 0 aliphatic rings. The lowest BCUT2D eigenvalue weighted by Gasteiger charge is -2.16. The SMILES string of the molecule is CCOc1c(CNC[C@H](C)O)cc(Br)cc1OC. The molecule has 0 aliphatic carbocycles. The number of hydrogen-bond donors (Lipinski definition) is 2. The highest BCUT2D eigenvalue weighted by Crippen LogP contribution is 2.34. The molecular weight excluding hydrogens is 298 g/mol. The summed E-state index contributed by atoms with van der Waals surface area (Å²) in [6.45, 7) is 5.43. The van der Waals surface area contributed by atoms with Crippen molar-refractivity contribution in [3.05, 3.63) is 22.2 Å². The maximum atomic E-state index is 9.23. The normalized spacial score (nSPS) is 12.3. The zero-order valence-electron chi connectivity index (χ0n) is 11.0. The number of hydrogen-bond acceptors (Lipinski definition) is 4. The molecule has 0 spiro atoms. The molecular formula is C13H20BrNO3. The van der Waals surface area contributed by atoms with E-state index in [-0.39, 0.29) is 6.10 Å². The standard InChI is InChI=1S/C13H20BrNO3/c1-4-18-13-10(8-15-7-9(2)16)5-11(14)6-12(13)17-3/h5-6,9,15-16H,4,7-8H2,1-3H3/t9-/m0/s1. The lowest BCUT2D eigenvalue weighted by molar-refractivity contribution is 0.190. The molecule has 1 rings (SSSR count). The average molecular weight is 318 g/mol. The van der Waals surface area contributed by atoms with Crippen LogP contribution in [-0.4, -0.2) is 31.5 Å². The summed E-state index contributed by atoms with van der Waals surface area (Å²) < 4.78 is 11.9. The fourth-order valence-electron chi connectivity index (χ4n) is 1.63. The Bertz CT molecular complexity index is 383. The number of aliphatic hydroxyl groups excluding tert-OH is 1. The van der Waals surface area contributed by atoms with Crippen molar-refractivity contribution in [1.82, 2.24) is 5.32 Å². The maximum absolute atomic E-state index is 9.23. The molecule has 0 unspecified atom stereocenters. The lowest BCUT2D eigenvalue weighted by Crippen LogP contribution is -2.24. The predicted molar refractivity (Wildman–Crippen MR) is 75.3 cm³/mol. The van der Waals surface area contributed by atoms with Gasteiger partial charge in [0.05, 0.1) is 19.8 Å². The van der Waals surface area contributed by atoms with Crippen LogP contribution in [0, 0.1) is 0 Å². The van der Waals surface area contributed by atoms with Gasteiger partial charge in [-0.1, -0.05) is 15.9 Å². The van der Waals surface area contributed by atoms with E-state index in [0.29, 0.717) is 25.4 Å². The van der Waals surface area contributed by atoms with E-state index in [2.05, 4.69) is 21.2 Å². The highest BCUT2D eigenvalue weighted by atomic mass is 79.9. The number of ether oxygens (including phenoxy) is 2. The van der Waals surface area contributed by atoms with Gasteiger partial charge in [0, 0.05) is 23.1 Å². The summed E-state index contributed by atoms with van der Waals surface area (Å²) in [5.41, 5.74) is 1.00. The molecule has 0 radical (unpaired) electrons. The molecule has 1 atom stereocenters. The van der Waals surface area contributed by atoms with Crippen LogP contribution in [0.4, 0.5) is 0 Å². The van der Waals surface area contributed by atoms with Gasteiger partial charge in [-0.25, -0.2) is 0 Å². The van der Waals surface area contributed by atoms with Crippen LogP contribution < -0.4 is 14.8 Å². The molecule has 102 valence electrons. The van der Waals surface area contributed by atoms with Crippen molar-refractivity contribution in [3.8, 4) is 11.5 Å². The molecule has 1 aromatic rings. The number of aliphatic hydroxyl groups is 1. The summed E-state index contributed by atoms with van der Waals surface area (Å²) in [5, 5.41) is 12.4. The summed E-state index contributed by atoms with van der Waals surface area (Å²) in [5.74, 6) is 1.46. The highest BCUT2D eigenvalue weighted by Gasteiger charge is 2.12. The average Bonchev–Trinajstić information content (AvgIpc) is 2.31. The van der Waals surface area contributed by atoms with Crippen LogP contribution >= 0.6 is 15.9 Å². The zero-order valence-corrected chi connectivity index (χ0v) is 12.6. The zero-order chi connectivity index (χ0) is 13.5. The molecule has 18 heavy (non-hydrogen) atoms. The first-order valence-corrected chi connectivity index (χ1v) is 6.75. The van der Waals surface area contributed by atoms with E-state index in [9.17, 15) is 5.11 Å². The number of halogens is 1. The van der Waals surface area contributed by atoms with Crippen molar-refractivity contribution in [3.63, 3.8) is 0 Å². The molecule has 1 aromatic carbocycles. The second kappa shape index (κ2) is 7.61. The minimum absolute atomic E-state index is 0.366. The van der Waals surface area contributed by atoms with Crippen LogP contribution in [0.15, 0.2) is 16.6 Å². The van der Waals surface area contributed by atoms with Gasteiger partial charge in [-0.05, 0) is 26.0 Å². The molecule has 2 N–H and O–H groups in total. The summed E-state index contributed by atoms with van der Waals surface area (Å²) in [4.78, 5) is 0. The van der Waals surface area contributed by atoms with Crippen molar-refractivity contribution in [2.75, 3.05) is 20.3 Å². The molecule has 0 heterocycles. The van der Waals surface area contributed by atoms with E-state index in [0.717, 1.165) is 15.8 Å². The van der Waals surface area contributed by atoms with E-state index in [1.165, 1.54) is 0 Å². The number of methoxy groups -OCH3 is 1. The molecule has 0 saturated heterocycles. The van der Waals surface area contributed by atoms with Crippen molar-refractivity contribution in [1.29, 1.82) is 0 Å². The summed E-state index contributed by atoms with van der Waals surface area (Å²) in [6, 6.07) is 3.87. The van der Waals surface area contributed by atoms with E-state index >= 15 is 0 Å². The number of nitrogens with one attached hydrogen (secondary N) is 1. The second-order valence-electron chi connectivity index (χ2n) is 4.01. The molecule has 0 fully saturated rings. The van der Waals surface area contributed by atoms with Gasteiger partial charge < -0.3 is 19.9 Å². The first-order valence-electron chi connectivity index (χ1n) is 5.96. The summed E-state index contributed by atoms with van der Waals surface area (Å²) in [6.07, 6.45) is -0.366. The monoisotopic (exact) mass is 317 g/mol. The van der Waals surface area contributed by atoms with E-state index < -0.39 is 0 Å². The Kier molecular flexibility index (Phi) is 6.46. The first-order chi connectivity index (χ1) is 8.58. The topological polar surface area (TPSA) is 50.7 Å². The third kappa shape index (κ3) is 4.48. The smallest absolute Gasteiger partial charge is 0.165 e. The Balaban J connectivity index is 2.88. The molecule has 0 aliphatic heterocycles. The quantitative estimate of drug-likeness (QED) is 0.810. The van der Waals surface area contributed by atoms with Crippen molar-refractivity contribution >= 4 is 15.9 Å². The van der Waals surface area contributed by atoms with Gasteiger partial charge in [0.2, 0.25) is 0 Å². The number of benzene rings is 1. The molecule has 0 amide bonds. The van der Waals surface area contributed by atoms with Crippen LogP contribution in [0.3, 0.4) is 0 Å². The van der Waals surface area contributed by atoms with Crippen LogP contribution in [0.5, 0.6) is 11.5 Å². The predicted octanol–water partition coefficient (Wildman–Crippen LogP) is 2.33.